The van der Waals surface area contributed by atoms with Crippen molar-refractivity contribution in [3.8, 4) is 0 Å². The third-order valence-electron chi connectivity index (χ3n) is 3.96. The van der Waals surface area contributed by atoms with Gasteiger partial charge in [0, 0.05) is 12.1 Å². The van der Waals surface area contributed by atoms with Crippen molar-refractivity contribution in [2.75, 3.05) is 0 Å². The van der Waals surface area contributed by atoms with Crippen molar-refractivity contribution >= 4 is 0 Å². The average Bonchev–Trinajstić information content (AvgIpc) is 2.65. The lowest BCUT2D eigenvalue weighted by atomic mass is 9.94. The summed E-state index contributed by atoms with van der Waals surface area (Å²) in [6.07, 6.45) is 8.67. The number of hydrogen-bond acceptors (Lipinski definition) is 1. The monoisotopic (exact) mass is 181 g/mol. The average molecular weight is 181 g/mol. The van der Waals surface area contributed by atoms with Gasteiger partial charge in [-0.3, -0.25) is 0 Å². The van der Waals surface area contributed by atoms with Crippen molar-refractivity contribution in [3.05, 3.63) is 0 Å². The van der Waals surface area contributed by atoms with Crippen molar-refractivity contribution < 1.29 is 0 Å². The first-order valence-electron chi connectivity index (χ1n) is 6.05. The van der Waals surface area contributed by atoms with Crippen LogP contribution in [0.5, 0.6) is 0 Å². The highest BCUT2D eigenvalue weighted by atomic mass is 15.0. The molecule has 1 heteroatoms. The molecule has 2 aliphatic rings. The second-order valence-electron chi connectivity index (χ2n) is 5.14. The van der Waals surface area contributed by atoms with E-state index < -0.39 is 0 Å². The van der Waals surface area contributed by atoms with Crippen LogP contribution in [0.25, 0.3) is 0 Å². The SMILES string of the molecule is CCCC(C)NC1CC2CCC1C2. The second-order valence-corrected chi connectivity index (χ2v) is 5.14. The van der Waals surface area contributed by atoms with Crippen LogP contribution in [-0.4, -0.2) is 12.1 Å². The maximum atomic E-state index is 3.81. The third kappa shape index (κ3) is 2.07. The van der Waals surface area contributed by atoms with Gasteiger partial charge >= 0.3 is 0 Å². The molecule has 2 bridgehead atoms. The summed E-state index contributed by atoms with van der Waals surface area (Å²) in [7, 11) is 0. The van der Waals surface area contributed by atoms with E-state index in [0.717, 1.165) is 23.9 Å². The first kappa shape index (κ1) is 9.51. The predicted octanol–water partition coefficient (Wildman–Crippen LogP) is 2.95. The molecule has 0 heterocycles. The van der Waals surface area contributed by atoms with Crippen LogP contribution in [0.3, 0.4) is 0 Å². The van der Waals surface area contributed by atoms with Crippen LogP contribution in [0, 0.1) is 11.8 Å². The standard InChI is InChI=1S/C12H23N/c1-3-4-9(2)13-12-8-10-5-6-11(12)7-10/h9-13H,3-8H2,1-2H3. The fraction of sp³-hybridized carbons (Fsp3) is 1.00. The number of nitrogens with one attached hydrogen (secondary N) is 1. The molecule has 76 valence electrons. The Hall–Kier alpha value is -0.0400. The topological polar surface area (TPSA) is 12.0 Å². The molecular formula is C12H23N. The molecule has 2 fully saturated rings. The van der Waals surface area contributed by atoms with E-state index in [1.807, 2.05) is 0 Å². The Bertz CT molecular complexity index is 167. The van der Waals surface area contributed by atoms with E-state index in [4.69, 9.17) is 0 Å². The smallest absolute Gasteiger partial charge is 0.0100 e. The van der Waals surface area contributed by atoms with E-state index >= 15 is 0 Å². The van der Waals surface area contributed by atoms with Crippen molar-refractivity contribution in [2.24, 2.45) is 11.8 Å². The lowest BCUT2D eigenvalue weighted by Gasteiger charge is -2.26. The molecule has 13 heavy (non-hydrogen) atoms. The highest BCUT2D eigenvalue weighted by molar-refractivity contribution is 4.94. The van der Waals surface area contributed by atoms with E-state index in [9.17, 15) is 0 Å². The molecule has 4 unspecified atom stereocenters. The van der Waals surface area contributed by atoms with Gasteiger partial charge in [0.1, 0.15) is 0 Å². The molecule has 1 nitrogen and oxygen atoms in total. The van der Waals surface area contributed by atoms with E-state index in [1.165, 1.54) is 38.5 Å². The second kappa shape index (κ2) is 4.00. The summed E-state index contributed by atoms with van der Waals surface area (Å²) < 4.78 is 0. The summed E-state index contributed by atoms with van der Waals surface area (Å²) in [5.74, 6) is 2.11. The van der Waals surface area contributed by atoms with Gasteiger partial charge in [0.25, 0.3) is 0 Å². The summed E-state index contributed by atoms with van der Waals surface area (Å²) in [5.41, 5.74) is 0. The molecule has 0 amide bonds. The minimum absolute atomic E-state index is 0.745. The van der Waals surface area contributed by atoms with E-state index in [1.54, 1.807) is 0 Å². The Kier molecular flexibility index (Phi) is 2.92. The van der Waals surface area contributed by atoms with Crippen molar-refractivity contribution in [2.45, 2.75) is 64.5 Å². The molecule has 0 aromatic heterocycles. The first-order chi connectivity index (χ1) is 6.29. The van der Waals surface area contributed by atoms with Gasteiger partial charge in [-0.2, -0.15) is 0 Å². The van der Waals surface area contributed by atoms with Gasteiger partial charge in [0.15, 0.2) is 0 Å². The fourth-order valence-corrected chi connectivity index (χ4v) is 3.33. The Morgan fingerprint density at radius 1 is 1.31 bits per heavy atom. The zero-order valence-electron chi connectivity index (χ0n) is 9.05. The van der Waals surface area contributed by atoms with E-state index in [-0.39, 0.29) is 0 Å². The molecule has 2 saturated carbocycles. The molecular weight excluding hydrogens is 158 g/mol. The molecule has 0 aromatic carbocycles. The Labute approximate surface area is 82.3 Å². The molecule has 0 radical (unpaired) electrons. The van der Waals surface area contributed by atoms with E-state index in [2.05, 4.69) is 19.2 Å². The van der Waals surface area contributed by atoms with Gasteiger partial charge in [-0.25, -0.2) is 0 Å². The van der Waals surface area contributed by atoms with Crippen LogP contribution < -0.4 is 5.32 Å². The number of fused-ring (bicyclic) bond motifs is 2. The first-order valence-corrected chi connectivity index (χ1v) is 6.05. The third-order valence-corrected chi connectivity index (χ3v) is 3.96. The highest BCUT2D eigenvalue weighted by Gasteiger charge is 2.39. The summed E-state index contributed by atoms with van der Waals surface area (Å²) in [5, 5.41) is 3.81. The summed E-state index contributed by atoms with van der Waals surface area (Å²) in [6.45, 7) is 4.62. The van der Waals surface area contributed by atoms with Gasteiger partial charge in [-0.1, -0.05) is 19.8 Å². The largest absolute Gasteiger partial charge is 0.311 e. The molecule has 4 atom stereocenters. The number of rotatable bonds is 4. The van der Waals surface area contributed by atoms with Gasteiger partial charge in [0.05, 0.1) is 0 Å². The fourth-order valence-electron chi connectivity index (χ4n) is 3.33. The van der Waals surface area contributed by atoms with Gasteiger partial charge in [-0.05, 0) is 44.4 Å². The molecule has 2 rings (SSSR count). The summed E-state index contributed by atoms with van der Waals surface area (Å²) in [4.78, 5) is 0. The predicted molar refractivity (Wildman–Crippen MR) is 56.7 cm³/mol. The van der Waals surface area contributed by atoms with Gasteiger partial charge < -0.3 is 5.32 Å². The van der Waals surface area contributed by atoms with Crippen LogP contribution in [0.15, 0.2) is 0 Å². The quantitative estimate of drug-likeness (QED) is 0.703. The maximum absolute atomic E-state index is 3.81. The lowest BCUT2D eigenvalue weighted by molar-refractivity contribution is 0.317. The Balaban J connectivity index is 1.76. The summed E-state index contributed by atoms with van der Waals surface area (Å²) in [6, 6.07) is 1.62. The molecule has 0 aliphatic heterocycles. The molecule has 0 aromatic rings. The highest BCUT2D eigenvalue weighted by Crippen LogP contribution is 2.44. The lowest BCUT2D eigenvalue weighted by Crippen LogP contribution is -2.39. The van der Waals surface area contributed by atoms with Crippen LogP contribution in [0.1, 0.15) is 52.4 Å². The Morgan fingerprint density at radius 2 is 2.15 bits per heavy atom. The molecule has 0 spiro atoms. The zero-order chi connectivity index (χ0) is 9.26. The molecule has 2 aliphatic carbocycles. The molecule has 1 N–H and O–H groups in total. The molecule has 0 saturated heterocycles. The minimum atomic E-state index is 0.745. The van der Waals surface area contributed by atoms with E-state index in [0.29, 0.717) is 0 Å². The van der Waals surface area contributed by atoms with Crippen LogP contribution in [-0.2, 0) is 0 Å². The van der Waals surface area contributed by atoms with Crippen molar-refractivity contribution in [3.63, 3.8) is 0 Å². The van der Waals surface area contributed by atoms with Gasteiger partial charge in [0.2, 0.25) is 0 Å². The maximum Gasteiger partial charge on any atom is 0.0100 e. The van der Waals surface area contributed by atoms with Crippen LogP contribution in [0.2, 0.25) is 0 Å². The van der Waals surface area contributed by atoms with Crippen molar-refractivity contribution in [1.29, 1.82) is 0 Å². The van der Waals surface area contributed by atoms with Crippen LogP contribution >= 0.6 is 0 Å². The van der Waals surface area contributed by atoms with Gasteiger partial charge in [-0.15, -0.1) is 0 Å². The summed E-state index contributed by atoms with van der Waals surface area (Å²) >= 11 is 0. The normalized spacial score (nSPS) is 39.7. The van der Waals surface area contributed by atoms with Crippen LogP contribution in [0.4, 0.5) is 0 Å². The zero-order valence-corrected chi connectivity index (χ0v) is 9.05. The number of hydrogen-bond donors (Lipinski definition) is 1. The Morgan fingerprint density at radius 3 is 2.69 bits per heavy atom. The minimum Gasteiger partial charge on any atom is -0.311 e. The van der Waals surface area contributed by atoms with Crippen molar-refractivity contribution in [1.82, 2.24) is 5.32 Å².